The number of nitrogens with zero attached hydrogens (tertiary/aromatic N) is 5. The first kappa shape index (κ1) is 26.1. The number of hydroxylamine groups is 1. The molecular formula is C29H31N7O4. The molecule has 4 aromatic rings. The standard InChI is InChI=1S/C29H31N7O4/c1-19-25(36-18-21(4-7-24(36)32-19)26(37)30-12-13-35-14-16-40-17-15-35)23-8-11-31-28(33-23)29(9-10-29)22-5-2-20(3-6-22)27(38)34-39/h2-8,11,18,39H,9-10,12-17H2,1H3,(H,30,37)(H,34,38). The van der Waals surface area contributed by atoms with E-state index in [1.54, 1.807) is 29.9 Å². The largest absolute Gasteiger partial charge is 0.379 e. The molecule has 0 atom stereocenters. The van der Waals surface area contributed by atoms with E-state index in [-0.39, 0.29) is 11.3 Å². The summed E-state index contributed by atoms with van der Waals surface area (Å²) in [5.74, 6) is 0.0182. The first-order valence-electron chi connectivity index (χ1n) is 13.4. The van der Waals surface area contributed by atoms with Crippen LogP contribution in [0.25, 0.3) is 17.0 Å². The van der Waals surface area contributed by atoms with Crippen molar-refractivity contribution in [3.8, 4) is 11.4 Å². The summed E-state index contributed by atoms with van der Waals surface area (Å²) in [6, 6.07) is 12.6. The molecule has 11 heteroatoms. The summed E-state index contributed by atoms with van der Waals surface area (Å²) in [5, 5.41) is 11.9. The van der Waals surface area contributed by atoms with Gasteiger partial charge >= 0.3 is 0 Å². The van der Waals surface area contributed by atoms with Crippen LogP contribution in [0.2, 0.25) is 0 Å². The molecule has 2 aliphatic rings. The normalized spacial score (nSPS) is 16.6. The van der Waals surface area contributed by atoms with Crippen LogP contribution in [0.5, 0.6) is 0 Å². The number of imidazole rings is 1. The Hall–Kier alpha value is -4.19. The van der Waals surface area contributed by atoms with Crippen LogP contribution in [0.15, 0.2) is 54.9 Å². The molecule has 2 amide bonds. The van der Waals surface area contributed by atoms with Crippen molar-refractivity contribution < 1.29 is 19.5 Å². The van der Waals surface area contributed by atoms with E-state index in [2.05, 4.69) is 15.2 Å². The minimum Gasteiger partial charge on any atom is -0.379 e. The van der Waals surface area contributed by atoms with E-state index in [9.17, 15) is 9.59 Å². The van der Waals surface area contributed by atoms with Crippen LogP contribution in [0, 0.1) is 6.92 Å². The summed E-state index contributed by atoms with van der Waals surface area (Å²) in [5.41, 5.74) is 6.35. The van der Waals surface area contributed by atoms with Crippen molar-refractivity contribution in [2.45, 2.75) is 25.2 Å². The lowest BCUT2D eigenvalue weighted by Gasteiger charge is -2.26. The highest BCUT2D eigenvalue weighted by Crippen LogP contribution is 2.52. The molecule has 0 bridgehead atoms. The van der Waals surface area contributed by atoms with Crippen LogP contribution in [0.1, 0.15) is 50.6 Å². The predicted octanol–water partition coefficient (Wildman–Crippen LogP) is 2.36. The Morgan fingerprint density at radius 2 is 1.75 bits per heavy atom. The zero-order valence-electron chi connectivity index (χ0n) is 22.3. The fourth-order valence-corrected chi connectivity index (χ4v) is 5.35. The first-order chi connectivity index (χ1) is 19.5. The predicted molar refractivity (Wildman–Crippen MR) is 146 cm³/mol. The Morgan fingerprint density at radius 3 is 2.48 bits per heavy atom. The second-order valence-corrected chi connectivity index (χ2v) is 10.3. The number of rotatable bonds is 8. The van der Waals surface area contributed by atoms with Gasteiger partial charge in [-0.05, 0) is 55.7 Å². The monoisotopic (exact) mass is 541 g/mol. The van der Waals surface area contributed by atoms with Gasteiger partial charge in [0.25, 0.3) is 11.8 Å². The third kappa shape index (κ3) is 4.94. The maximum atomic E-state index is 13.0. The number of morpholine rings is 1. The van der Waals surface area contributed by atoms with Gasteiger partial charge in [-0.2, -0.15) is 0 Å². The Kier molecular flexibility index (Phi) is 7.01. The second-order valence-electron chi connectivity index (χ2n) is 10.3. The van der Waals surface area contributed by atoms with Gasteiger partial charge in [0.2, 0.25) is 0 Å². The molecule has 2 fully saturated rings. The fraction of sp³-hybridized carbons (Fsp3) is 0.345. The average molecular weight is 542 g/mol. The van der Waals surface area contributed by atoms with Crippen LogP contribution in [-0.4, -0.2) is 80.7 Å². The summed E-state index contributed by atoms with van der Waals surface area (Å²) >= 11 is 0. The molecule has 1 aromatic carbocycles. The molecule has 1 aliphatic carbocycles. The lowest BCUT2D eigenvalue weighted by atomic mass is 9.93. The number of aryl methyl sites for hydroxylation is 1. The van der Waals surface area contributed by atoms with Crippen molar-refractivity contribution in [3.63, 3.8) is 0 Å². The quantitative estimate of drug-likeness (QED) is 0.229. The molecule has 11 nitrogen and oxygen atoms in total. The van der Waals surface area contributed by atoms with E-state index in [0.717, 1.165) is 74.0 Å². The zero-order chi connectivity index (χ0) is 27.7. The number of ether oxygens (including phenoxy) is 1. The van der Waals surface area contributed by atoms with E-state index in [4.69, 9.17) is 19.9 Å². The fourth-order valence-electron chi connectivity index (χ4n) is 5.35. The number of carbonyl (C=O) groups is 2. The van der Waals surface area contributed by atoms with E-state index in [1.807, 2.05) is 41.8 Å². The summed E-state index contributed by atoms with van der Waals surface area (Å²) < 4.78 is 7.30. The highest BCUT2D eigenvalue weighted by molar-refractivity contribution is 5.94. The smallest absolute Gasteiger partial charge is 0.274 e. The topological polar surface area (TPSA) is 134 Å². The Morgan fingerprint density at radius 1 is 1.00 bits per heavy atom. The summed E-state index contributed by atoms with van der Waals surface area (Å²) in [7, 11) is 0. The lowest BCUT2D eigenvalue weighted by Crippen LogP contribution is -2.41. The summed E-state index contributed by atoms with van der Waals surface area (Å²) in [6.45, 7) is 6.51. The molecule has 1 saturated carbocycles. The van der Waals surface area contributed by atoms with Crippen molar-refractivity contribution >= 4 is 17.5 Å². The van der Waals surface area contributed by atoms with Crippen LogP contribution in [-0.2, 0) is 10.2 Å². The van der Waals surface area contributed by atoms with Gasteiger partial charge in [-0.25, -0.2) is 20.4 Å². The highest BCUT2D eigenvalue weighted by atomic mass is 16.5. The highest BCUT2D eigenvalue weighted by Gasteiger charge is 2.48. The van der Waals surface area contributed by atoms with Gasteiger partial charge in [-0.1, -0.05) is 12.1 Å². The van der Waals surface area contributed by atoms with Crippen LogP contribution in [0.4, 0.5) is 0 Å². The number of hydrogen-bond donors (Lipinski definition) is 3. The second kappa shape index (κ2) is 10.8. The Labute approximate surface area is 231 Å². The molecule has 4 heterocycles. The number of hydrogen-bond acceptors (Lipinski definition) is 8. The molecule has 206 valence electrons. The molecule has 0 radical (unpaired) electrons. The third-order valence-corrected chi connectivity index (χ3v) is 7.75. The van der Waals surface area contributed by atoms with Crippen molar-refractivity contribution in [1.82, 2.24) is 35.0 Å². The van der Waals surface area contributed by atoms with Crippen LogP contribution in [0.3, 0.4) is 0 Å². The van der Waals surface area contributed by atoms with E-state index < -0.39 is 5.91 Å². The minimum absolute atomic E-state index is 0.133. The first-order valence-corrected chi connectivity index (χ1v) is 13.4. The molecule has 6 rings (SSSR count). The maximum absolute atomic E-state index is 13.0. The molecular weight excluding hydrogens is 510 g/mol. The minimum atomic E-state index is -0.553. The van der Waals surface area contributed by atoms with E-state index >= 15 is 0 Å². The molecule has 40 heavy (non-hydrogen) atoms. The number of nitrogens with one attached hydrogen (secondary N) is 2. The molecule has 0 unspecified atom stereocenters. The van der Waals surface area contributed by atoms with Crippen molar-refractivity contribution in [2.75, 3.05) is 39.4 Å². The molecule has 0 spiro atoms. The van der Waals surface area contributed by atoms with Gasteiger partial charge in [-0.3, -0.25) is 24.1 Å². The number of amides is 2. The summed E-state index contributed by atoms with van der Waals surface area (Å²) in [6.07, 6.45) is 5.35. The SMILES string of the molecule is Cc1nc2ccc(C(=O)NCCN3CCOCC3)cn2c1-c1ccnc(C2(c3ccc(C(=O)NO)cc3)CC2)n1. The third-order valence-electron chi connectivity index (χ3n) is 7.75. The zero-order valence-corrected chi connectivity index (χ0v) is 22.3. The van der Waals surface area contributed by atoms with Crippen molar-refractivity contribution in [3.05, 3.63) is 83.1 Å². The maximum Gasteiger partial charge on any atom is 0.274 e. The van der Waals surface area contributed by atoms with Gasteiger partial charge in [0.15, 0.2) is 0 Å². The number of benzene rings is 1. The van der Waals surface area contributed by atoms with Gasteiger partial charge in [-0.15, -0.1) is 0 Å². The number of fused-ring (bicyclic) bond motifs is 1. The molecule has 1 aliphatic heterocycles. The Bertz CT molecular complexity index is 1560. The molecule has 3 aromatic heterocycles. The van der Waals surface area contributed by atoms with Crippen molar-refractivity contribution in [1.29, 1.82) is 0 Å². The molecule has 1 saturated heterocycles. The van der Waals surface area contributed by atoms with Gasteiger partial charge in [0, 0.05) is 44.1 Å². The summed E-state index contributed by atoms with van der Waals surface area (Å²) in [4.78, 5) is 41.3. The van der Waals surface area contributed by atoms with E-state index in [1.165, 1.54) is 0 Å². The average Bonchev–Trinajstić information content (AvgIpc) is 3.74. The van der Waals surface area contributed by atoms with Crippen LogP contribution >= 0.6 is 0 Å². The lowest BCUT2D eigenvalue weighted by molar-refractivity contribution is 0.0383. The number of carbonyl (C=O) groups excluding carboxylic acids is 2. The number of pyridine rings is 1. The van der Waals surface area contributed by atoms with Gasteiger partial charge in [0.1, 0.15) is 11.5 Å². The molecule has 3 N–H and O–H groups in total. The Balaban J connectivity index is 1.25. The number of aromatic nitrogens is 4. The van der Waals surface area contributed by atoms with Crippen molar-refractivity contribution in [2.24, 2.45) is 0 Å². The van der Waals surface area contributed by atoms with Crippen LogP contribution < -0.4 is 10.8 Å². The van der Waals surface area contributed by atoms with Gasteiger partial charge < -0.3 is 10.1 Å². The van der Waals surface area contributed by atoms with Gasteiger partial charge in [0.05, 0.1) is 41.3 Å². The van der Waals surface area contributed by atoms with E-state index in [0.29, 0.717) is 23.5 Å².